The van der Waals surface area contributed by atoms with Crippen molar-refractivity contribution in [1.82, 2.24) is 0 Å². The van der Waals surface area contributed by atoms with Crippen molar-refractivity contribution < 1.29 is 47.5 Å². The second kappa shape index (κ2) is 23.3. The maximum Gasteiger partial charge on any atom is 0.303 e. The first-order valence-corrected chi connectivity index (χ1v) is 27.3. The monoisotopic (exact) mass is 1030 g/mol. The highest BCUT2D eigenvalue weighted by Gasteiger charge is 2.39. The topological polar surface area (TPSA) is 112 Å². The van der Waals surface area contributed by atoms with E-state index in [2.05, 4.69) is 39.8 Å². The van der Waals surface area contributed by atoms with Crippen LogP contribution in [0.5, 0.6) is 23.0 Å². The molecule has 0 aliphatic heterocycles. The number of hydrogen-bond donors (Lipinski definition) is 2. The number of aliphatic carboxylic acids is 2. The average Bonchev–Trinajstić information content (AvgIpc) is 4.39. The van der Waals surface area contributed by atoms with E-state index >= 15 is 8.78 Å². The molecule has 4 aliphatic carbocycles. The third-order valence-electron chi connectivity index (χ3n) is 17.0. The van der Waals surface area contributed by atoms with Crippen molar-refractivity contribution >= 4 is 11.9 Å². The van der Waals surface area contributed by atoms with E-state index in [4.69, 9.17) is 18.9 Å². The molecule has 8 nitrogen and oxygen atoms in total. The van der Waals surface area contributed by atoms with Crippen LogP contribution in [0.25, 0.3) is 22.3 Å². The molecule has 4 saturated carbocycles. The Morgan fingerprint density at radius 3 is 1.26 bits per heavy atom. The summed E-state index contributed by atoms with van der Waals surface area (Å²) in [5.74, 6) is 2.32. The van der Waals surface area contributed by atoms with Crippen molar-refractivity contribution in [2.75, 3.05) is 14.2 Å². The summed E-state index contributed by atoms with van der Waals surface area (Å²) < 4.78 is 53.3. The molecule has 0 amide bonds. The van der Waals surface area contributed by atoms with Crippen LogP contribution in [0, 0.1) is 34.3 Å². The lowest BCUT2D eigenvalue weighted by Crippen LogP contribution is -2.17. The fourth-order valence-electron chi connectivity index (χ4n) is 12.4. The number of rotatable bonds is 20. The van der Waals surface area contributed by atoms with E-state index in [1.54, 1.807) is 38.5 Å². The van der Waals surface area contributed by atoms with Crippen LogP contribution in [0.2, 0.25) is 0 Å². The van der Waals surface area contributed by atoms with E-state index < -0.39 is 11.9 Å². The van der Waals surface area contributed by atoms with Crippen LogP contribution < -0.4 is 18.9 Å². The van der Waals surface area contributed by atoms with Gasteiger partial charge in [-0.2, -0.15) is 0 Å². The van der Waals surface area contributed by atoms with E-state index in [1.807, 2.05) is 72.8 Å². The standard InChI is InChI=1S/2C33H37FO4/c2*1-33(2)15-5-8-30(33)28-16-21(9-13-26(28)29-18-24(37-3)12-14-31(29)34)20-38-25-7-4-6-23(17-25)27(19-32(35)36)22-10-11-22/h2*4,6-7,9,12-14,16-18,22,27,30H,5,8,10-11,15,19-20H2,1-3H3,(H,35,36)/t27-,30+;27-,30-/m11/s1. The zero-order valence-electron chi connectivity index (χ0n) is 45.0. The zero-order valence-corrected chi connectivity index (χ0v) is 45.0. The summed E-state index contributed by atoms with van der Waals surface area (Å²) in [6, 6.07) is 38.0. The summed E-state index contributed by atoms with van der Waals surface area (Å²) in [5.41, 5.74) is 9.64. The first-order chi connectivity index (χ1) is 36.5. The molecule has 10 rings (SSSR count). The quantitative estimate of drug-likeness (QED) is 0.0778. The molecule has 0 spiro atoms. The summed E-state index contributed by atoms with van der Waals surface area (Å²) in [6.07, 6.45) is 11.4. The smallest absolute Gasteiger partial charge is 0.303 e. The highest BCUT2D eigenvalue weighted by Crippen LogP contribution is 2.53. The minimum Gasteiger partial charge on any atom is -0.497 e. The van der Waals surface area contributed by atoms with Gasteiger partial charge in [0.2, 0.25) is 0 Å². The largest absolute Gasteiger partial charge is 0.497 e. The van der Waals surface area contributed by atoms with Gasteiger partial charge in [0.25, 0.3) is 0 Å². The summed E-state index contributed by atoms with van der Waals surface area (Å²) in [7, 11) is 3.20. The van der Waals surface area contributed by atoms with Crippen molar-refractivity contribution in [1.29, 1.82) is 0 Å². The van der Waals surface area contributed by atoms with Gasteiger partial charge in [0.1, 0.15) is 47.8 Å². The van der Waals surface area contributed by atoms with Crippen LogP contribution in [-0.4, -0.2) is 36.4 Å². The Bertz CT molecular complexity index is 2820. The molecule has 0 bridgehead atoms. The molecule has 6 aromatic rings. The van der Waals surface area contributed by atoms with E-state index in [1.165, 1.54) is 12.1 Å². The van der Waals surface area contributed by atoms with Gasteiger partial charge < -0.3 is 29.2 Å². The van der Waals surface area contributed by atoms with Crippen LogP contribution in [0.15, 0.2) is 121 Å². The van der Waals surface area contributed by atoms with Gasteiger partial charge in [0, 0.05) is 11.1 Å². The Balaban J connectivity index is 0.000000186. The number of carboxylic acids is 2. The molecule has 4 fully saturated rings. The molecular formula is C66H74F2O8. The molecule has 0 aromatic heterocycles. The number of halogens is 2. The number of benzene rings is 6. The molecule has 4 atom stereocenters. The minimum absolute atomic E-state index is 0.0318. The summed E-state index contributed by atoms with van der Waals surface area (Å²) in [6.45, 7) is 9.99. The minimum atomic E-state index is -0.761. The average molecular weight is 1030 g/mol. The van der Waals surface area contributed by atoms with Crippen molar-refractivity contribution in [3.63, 3.8) is 0 Å². The number of carbonyl (C=O) groups is 2. The molecule has 76 heavy (non-hydrogen) atoms. The van der Waals surface area contributed by atoms with Gasteiger partial charge in [-0.15, -0.1) is 0 Å². The maximum absolute atomic E-state index is 15.0. The zero-order chi connectivity index (χ0) is 53.7. The van der Waals surface area contributed by atoms with E-state index in [9.17, 15) is 19.8 Å². The van der Waals surface area contributed by atoms with Crippen molar-refractivity contribution in [2.24, 2.45) is 22.7 Å². The van der Waals surface area contributed by atoms with Crippen LogP contribution in [-0.2, 0) is 22.8 Å². The lowest BCUT2D eigenvalue weighted by Gasteiger charge is -2.30. The fraction of sp³-hybridized carbons (Fsp3) is 0.424. The SMILES string of the molecule is COc1ccc(F)c(-c2ccc(COc3cccc([C@H](CC(=O)O)C4CC4)c3)cc2[C@@H]2CCCC2(C)C)c1.COc1ccc(F)c(-c2ccc(COc3cccc([C@H](CC(=O)O)C4CC4)c3)cc2[C@H]2CCCC2(C)C)c1. The Morgan fingerprint density at radius 1 is 0.513 bits per heavy atom. The molecule has 10 heteroatoms. The van der Waals surface area contributed by atoms with Gasteiger partial charge in [-0.05, 0) is 203 Å². The Kier molecular flexibility index (Phi) is 16.6. The number of hydrogen-bond acceptors (Lipinski definition) is 6. The molecule has 4 aliphatic rings. The highest BCUT2D eigenvalue weighted by atomic mass is 19.1. The molecule has 0 saturated heterocycles. The normalized spacial score (nSPS) is 19.2. The Labute approximate surface area is 447 Å². The summed E-state index contributed by atoms with van der Waals surface area (Å²) >= 11 is 0. The molecule has 2 N–H and O–H groups in total. The molecule has 400 valence electrons. The molecule has 0 heterocycles. The molecular weight excluding hydrogens is 959 g/mol. The first kappa shape index (κ1) is 54.1. The lowest BCUT2D eigenvalue weighted by atomic mass is 9.75. The molecule has 6 aromatic carbocycles. The maximum atomic E-state index is 15.0. The molecule has 0 unspecified atom stereocenters. The van der Waals surface area contributed by atoms with Crippen LogP contribution in [0.4, 0.5) is 8.78 Å². The van der Waals surface area contributed by atoms with Gasteiger partial charge in [0.05, 0.1) is 27.1 Å². The lowest BCUT2D eigenvalue weighted by molar-refractivity contribution is -0.138. The predicted molar refractivity (Wildman–Crippen MR) is 295 cm³/mol. The van der Waals surface area contributed by atoms with Gasteiger partial charge in [-0.25, -0.2) is 8.78 Å². The second-order valence-electron chi connectivity index (χ2n) is 23.2. The van der Waals surface area contributed by atoms with Crippen LogP contribution in [0.3, 0.4) is 0 Å². The van der Waals surface area contributed by atoms with E-state index in [0.29, 0.717) is 59.5 Å². The first-order valence-electron chi connectivity index (χ1n) is 27.3. The van der Waals surface area contributed by atoms with Gasteiger partial charge in [0.15, 0.2) is 0 Å². The summed E-state index contributed by atoms with van der Waals surface area (Å²) in [4.78, 5) is 22.8. The second-order valence-corrected chi connectivity index (χ2v) is 23.2. The third kappa shape index (κ3) is 12.9. The van der Waals surface area contributed by atoms with Crippen molar-refractivity contribution in [2.45, 2.75) is 142 Å². The number of methoxy groups -OCH3 is 2. The number of ether oxygens (including phenoxy) is 4. The van der Waals surface area contributed by atoms with E-state index in [-0.39, 0.29) is 47.1 Å². The van der Waals surface area contributed by atoms with Crippen molar-refractivity contribution in [3.05, 3.63) is 166 Å². The van der Waals surface area contributed by atoms with Gasteiger partial charge in [-0.1, -0.05) is 101 Å². The predicted octanol–water partition coefficient (Wildman–Crippen LogP) is 16.7. The fourth-order valence-corrected chi connectivity index (χ4v) is 12.4. The molecule has 0 radical (unpaired) electrons. The number of carboxylic acid groups (broad SMARTS) is 2. The van der Waals surface area contributed by atoms with E-state index in [0.717, 1.165) is 120 Å². The highest BCUT2D eigenvalue weighted by molar-refractivity contribution is 5.73. The third-order valence-corrected chi connectivity index (χ3v) is 17.0. The van der Waals surface area contributed by atoms with Gasteiger partial charge in [-0.3, -0.25) is 9.59 Å². The van der Waals surface area contributed by atoms with Crippen molar-refractivity contribution in [3.8, 4) is 45.3 Å². The Morgan fingerprint density at radius 2 is 0.921 bits per heavy atom. The van der Waals surface area contributed by atoms with Gasteiger partial charge >= 0.3 is 11.9 Å². The Hall–Kier alpha value is -6.68. The van der Waals surface area contributed by atoms with Crippen LogP contribution in [0.1, 0.15) is 162 Å². The van der Waals surface area contributed by atoms with Crippen LogP contribution >= 0.6 is 0 Å². The summed E-state index contributed by atoms with van der Waals surface area (Å²) in [5, 5.41) is 18.8.